The number of hydrogen-bond acceptors (Lipinski definition) is 3. The lowest BCUT2D eigenvalue weighted by Gasteiger charge is -2.30. The van der Waals surface area contributed by atoms with Crippen molar-refractivity contribution in [1.82, 2.24) is 5.32 Å². The van der Waals surface area contributed by atoms with Gasteiger partial charge in [0.05, 0.1) is 0 Å². The Morgan fingerprint density at radius 1 is 1.44 bits per heavy atom. The lowest BCUT2D eigenvalue weighted by Crippen LogP contribution is -2.42. The molecule has 4 heteroatoms. The van der Waals surface area contributed by atoms with E-state index in [9.17, 15) is 4.79 Å². The van der Waals surface area contributed by atoms with E-state index < -0.39 is 0 Å². The van der Waals surface area contributed by atoms with Gasteiger partial charge in [-0.05, 0) is 37.1 Å². The summed E-state index contributed by atoms with van der Waals surface area (Å²) >= 11 is 5.86. The first-order chi connectivity index (χ1) is 8.63. The quantitative estimate of drug-likeness (QED) is 0.856. The van der Waals surface area contributed by atoms with Gasteiger partial charge in [0.1, 0.15) is 6.10 Å². The molecule has 1 fully saturated rings. The first-order valence-electron chi connectivity index (χ1n) is 6.28. The Bertz CT molecular complexity index is 405. The molecule has 18 heavy (non-hydrogen) atoms. The average molecular weight is 268 g/mol. The molecular weight excluding hydrogens is 250 g/mol. The summed E-state index contributed by atoms with van der Waals surface area (Å²) in [6.45, 7) is 2.37. The molecule has 2 unspecified atom stereocenters. The number of carbonyl (C=O) groups is 1. The highest BCUT2D eigenvalue weighted by atomic mass is 35.5. The van der Waals surface area contributed by atoms with Gasteiger partial charge >= 0.3 is 5.97 Å². The summed E-state index contributed by atoms with van der Waals surface area (Å²) < 4.78 is 5.28. The molecule has 0 radical (unpaired) electrons. The number of piperidine rings is 1. The highest BCUT2D eigenvalue weighted by Crippen LogP contribution is 2.17. The van der Waals surface area contributed by atoms with E-state index in [1.165, 1.54) is 12.5 Å². The molecule has 98 valence electrons. The van der Waals surface area contributed by atoms with Gasteiger partial charge in [-0.15, -0.1) is 0 Å². The van der Waals surface area contributed by atoms with E-state index in [1.54, 1.807) is 0 Å². The Morgan fingerprint density at radius 2 is 2.17 bits per heavy atom. The van der Waals surface area contributed by atoms with Crippen LogP contribution in [0.25, 0.3) is 0 Å². The second kappa shape index (κ2) is 6.21. The van der Waals surface area contributed by atoms with Crippen molar-refractivity contribution in [2.75, 3.05) is 6.54 Å². The predicted molar refractivity (Wildman–Crippen MR) is 71.7 cm³/mol. The molecule has 0 bridgehead atoms. The molecule has 1 aromatic carbocycles. The van der Waals surface area contributed by atoms with Gasteiger partial charge in [-0.2, -0.15) is 0 Å². The molecule has 1 heterocycles. The normalized spacial score (nSPS) is 23.7. The van der Waals surface area contributed by atoms with Crippen LogP contribution in [0.5, 0.6) is 0 Å². The van der Waals surface area contributed by atoms with Crippen molar-refractivity contribution in [3.05, 3.63) is 34.9 Å². The van der Waals surface area contributed by atoms with Gasteiger partial charge in [0, 0.05) is 24.4 Å². The van der Waals surface area contributed by atoms with Gasteiger partial charge in [0.15, 0.2) is 0 Å². The Balaban J connectivity index is 1.89. The van der Waals surface area contributed by atoms with E-state index in [0.29, 0.717) is 6.04 Å². The van der Waals surface area contributed by atoms with Crippen LogP contribution in [0.2, 0.25) is 5.02 Å². The Kier molecular flexibility index (Phi) is 4.61. The standard InChI is InChI=1S/C14H18ClNO2/c1-10(17)18-14-6-7-16-13(9-14)8-11-2-4-12(15)5-3-11/h2-5,13-14,16H,6-9H2,1H3. The van der Waals surface area contributed by atoms with Crippen molar-refractivity contribution in [2.24, 2.45) is 0 Å². The van der Waals surface area contributed by atoms with Crippen LogP contribution >= 0.6 is 11.6 Å². The minimum atomic E-state index is -0.188. The summed E-state index contributed by atoms with van der Waals surface area (Å²) in [5, 5.41) is 4.22. The second-order valence-electron chi connectivity index (χ2n) is 4.74. The fourth-order valence-electron chi connectivity index (χ4n) is 2.37. The zero-order valence-electron chi connectivity index (χ0n) is 10.5. The number of ether oxygens (including phenoxy) is 1. The molecule has 1 saturated heterocycles. The van der Waals surface area contributed by atoms with Gasteiger partial charge in [-0.3, -0.25) is 4.79 Å². The number of rotatable bonds is 3. The molecule has 0 aliphatic carbocycles. The van der Waals surface area contributed by atoms with E-state index in [0.717, 1.165) is 30.8 Å². The van der Waals surface area contributed by atoms with E-state index in [2.05, 4.69) is 5.32 Å². The maximum atomic E-state index is 11.0. The van der Waals surface area contributed by atoms with Gasteiger partial charge in [-0.25, -0.2) is 0 Å². The largest absolute Gasteiger partial charge is 0.462 e. The van der Waals surface area contributed by atoms with Crippen molar-refractivity contribution in [3.63, 3.8) is 0 Å². The minimum absolute atomic E-state index is 0.0565. The van der Waals surface area contributed by atoms with Crippen LogP contribution in [0.15, 0.2) is 24.3 Å². The molecule has 0 spiro atoms. The fourth-order valence-corrected chi connectivity index (χ4v) is 2.50. The molecule has 1 aliphatic heterocycles. The maximum absolute atomic E-state index is 11.0. The number of nitrogens with one attached hydrogen (secondary N) is 1. The summed E-state index contributed by atoms with van der Waals surface area (Å²) in [6.07, 6.45) is 2.77. The molecule has 1 aromatic rings. The lowest BCUT2D eigenvalue weighted by molar-refractivity contribution is -0.147. The summed E-state index contributed by atoms with van der Waals surface area (Å²) in [4.78, 5) is 11.0. The number of benzene rings is 1. The highest BCUT2D eigenvalue weighted by molar-refractivity contribution is 6.30. The molecule has 1 N–H and O–H groups in total. The van der Waals surface area contributed by atoms with E-state index in [1.807, 2.05) is 24.3 Å². The van der Waals surface area contributed by atoms with Gasteiger partial charge in [-0.1, -0.05) is 23.7 Å². The van der Waals surface area contributed by atoms with Crippen LogP contribution in [-0.4, -0.2) is 24.7 Å². The fraction of sp³-hybridized carbons (Fsp3) is 0.500. The SMILES string of the molecule is CC(=O)OC1CCNC(Cc2ccc(Cl)cc2)C1. The minimum Gasteiger partial charge on any atom is -0.462 e. The number of carbonyl (C=O) groups excluding carboxylic acids is 1. The van der Waals surface area contributed by atoms with Crippen molar-refractivity contribution >= 4 is 17.6 Å². The molecule has 1 aliphatic rings. The van der Waals surface area contributed by atoms with Gasteiger partial charge < -0.3 is 10.1 Å². The van der Waals surface area contributed by atoms with E-state index in [-0.39, 0.29) is 12.1 Å². The summed E-state index contributed by atoms with van der Waals surface area (Å²) in [7, 11) is 0. The third kappa shape index (κ3) is 4.00. The monoisotopic (exact) mass is 267 g/mol. The van der Waals surface area contributed by atoms with Crippen LogP contribution in [0.1, 0.15) is 25.3 Å². The smallest absolute Gasteiger partial charge is 0.302 e. The molecule has 0 aromatic heterocycles. The van der Waals surface area contributed by atoms with Crippen LogP contribution in [0.4, 0.5) is 0 Å². The van der Waals surface area contributed by atoms with E-state index >= 15 is 0 Å². The summed E-state index contributed by atoms with van der Waals surface area (Å²) in [5.41, 5.74) is 1.25. The van der Waals surface area contributed by atoms with Crippen LogP contribution in [-0.2, 0) is 16.0 Å². The van der Waals surface area contributed by atoms with Crippen LogP contribution in [0.3, 0.4) is 0 Å². The average Bonchev–Trinajstić information content (AvgIpc) is 2.32. The molecule has 2 rings (SSSR count). The molecular formula is C14H18ClNO2. The molecule has 0 saturated carbocycles. The second-order valence-corrected chi connectivity index (χ2v) is 5.17. The Labute approximate surface area is 112 Å². The topological polar surface area (TPSA) is 38.3 Å². The zero-order chi connectivity index (χ0) is 13.0. The first-order valence-corrected chi connectivity index (χ1v) is 6.66. The maximum Gasteiger partial charge on any atom is 0.302 e. The van der Waals surface area contributed by atoms with Crippen molar-refractivity contribution in [1.29, 1.82) is 0 Å². The van der Waals surface area contributed by atoms with Crippen molar-refractivity contribution in [3.8, 4) is 0 Å². The third-order valence-electron chi connectivity index (χ3n) is 3.17. The first kappa shape index (κ1) is 13.4. The van der Waals surface area contributed by atoms with Crippen molar-refractivity contribution < 1.29 is 9.53 Å². The summed E-state index contributed by atoms with van der Waals surface area (Å²) in [6, 6.07) is 8.26. The van der Waals surface area contributed by atoms with Gasteiger partial charge in [0.2, 0.25) is 0 Å². The molecule has 0 amide bonds. The number of halogens is 1. The van der Waals surface area contributed by atoms with Crippen LogP contribution < -0.4 is 5.32 Å². The highest BCUT2D eigenvalue weighted by Gasteiger charge is 2.23. The molecule has 2 atom stereocenters. The Morgan fingerprint density at radius 3 is 2.83 bits per heavy atom. The Hall–Kier alpha value is -1.06. The number of esters is 1. The van der Waals surface area contributed by atoms with E-state index in [4.69, 9.17) is 16.3 Å². The predicted octanol–water partition coefficient (Wildman–Crippen LogP) is 2.57. The summed E-state index contributed by atoms with van der Waals surface area (Å²) in [5.74, 6) is -0.188. The van der Waals surface area contributed by atoms with Crippen LogP contribution in [0, 0.1) is 0 Å². The van der Waals surface area contributed by atoms with Crippen molar-refractivity contribution in [2.45, 2.75) is 38.3 Å². The van der Waals surface area contributed by atoms with Gasteiger partial charge in [0.25, 0.3) is 0 Å². The number of hydrogen-bond donors (Lipinski definition) is 1. The lowest BCUT2D eigenvalue weighted by atomic mass is 9.96. The molecule has 3 nitrogen and oxygen atoms in total. The zero-order valence-corrected chi connectivity index (χ0v) is 11.2. The third-order valence-corrected chi connectivity index (χ3v) is 3.43.